The molecule has 9 heteroatoms. The van der Waals surface area contributed by atoms with E-state index in [1.165, 1.54) is 28.6 Å². The zero-order chi connectivity index (χ0) is 20.6. The smallest absolute Gasteiger partial charge is 0.319 e. The topological polar surface area (TPSA) is 108 Å². The van der Waals surface area contributed by atoms with Gasteiger partial charge in [-0.3, -0.25) is 4.79 Å². The second kappa shape index (κ2) is 9.86. The van der Waals surface area contributed by atoms with Crippen molar-refractivity contribution in [3.8, 4) is 0 Å². The van der Waals surface area contributed by atoms with Gasteiger partial charge in [-0.25, -0.2) is 13.2 Å². The number of hydrogen-bond donors (Lipinski definition) is 3. The number of benzene rings is 2. The summed E-state index contributed by atoms with van der Waals surface area (Å²) >= 11 is 0. The van der Waals surface area contributed by atoms with E-state index in [1.807, 2.05) is 6.07 Å². The molecule has 0 unspecified atom stereocenters. The first-order valence-electron chi connectivity index (χ1n) is 8.86. The molecule has 0 fully saturated rings. The normalized spacial score (nSPS) is 11.1. The van der Waals surface area contributed by atoms with Gasteiger partial charge in [0.25, 0.3) is 0 Å². The van der Waals surface area contributed by atoms with Crippen LogP contribution < -0.4 is 16.0 Å². The fourth-order valence-electron chi connectivity index (χ4n) is 2.49. The SMILES string of the molecule is CCN(CC)S(=O)(=O)c1ccc(NC(=O)CNC(=O)Nc2ccccc2)cc1. The van der Waals surface area contributed by atoms with Gasteiger partial charge in [-0.15, -0.1) is 0 Å². The number of carbonyl (C=O) groups is 2. The molecule has 0 heterocycles. The third kappa shape index (κ3) is 5.80. The number of carbonyl (C=O) groups excluding carboxylic acids is 2. The Morgan fingerprint density at radius 2 is 1.43 bits per heavy atom. The van der Waals surface area contributed by atoms with E-state index in [4.69, 9.17) is 0 Å². The molecule has 3 amide bonds. The molecule has 2 rings (SSSR count). The molecule has 0 aromatic heterocycles. The van der Waals surface area contributed by atoms with Gasteiger partial charge in [0, 0.05) is 24.5 Å². The van der Waals surface area contributed by atoms with Crippen molar-refractivity contribution in [1.82, 2.24) is 9.62 Å². The lowest BCUT2D eigenvalue weighted by Gasteiger charge is -2.18. The van der Waals surface area contributed by atoms with Crippen molar-refractivity contribution in [2.45, 2.75) is 18.7 Å². The minimum absolute atomic E-state index is 0.162. The Morgan fingerprint density at radius 1 is 0.857 bits per heavy atom. The predicted molar refractivity (Wildman–Crippen MR) is 109 cm³/mol. The Kier molecular flexibility index (Phi) is 7.53. The molecule has 0 aliphatic carbocycles. The van der Waals surface area contributed by atoms with Gasteiger partial charge in [0.2, 0.25) is 15.9 Å². The summed E-state index contributed by atoms with van der Waals surface area (Å²) in [5.41, 5.74) is 1.05. The van der Waals surface area contributed by atoms with Gasteiger partial charge >= 0.3 is 6.03 Å². The van der Waals surface area contributed by atoms with Crippen molar-refractivity contribution in [3.05, 3.63) is 54.6 Å². The molecular formula is C19H24N4O4S. The van der Waals surface area contributed by atoms with Gasteiger partial charge in [0.1, 0.15) is 0 Å². The number of rotatable bonds is 8. The number of urea groups is 1. The molecule has 0 aliphatic heterocycles. The summed E-state index contributed by atoms with van der Waals surface area (Å²) in [6.45, 7) is 4.09. The van der Waals surface area contributed by atoms with Crippen LogP contribution in [0.2, 0.25) is 0 Å². The Labute approximate surface area is 165 Å². The molecule has 8 nitrogen and oxygen atoms in total. The van der Waals surface area contributed by atoms with Gasteiger partial charge < -0.3 is 16.0 Å². The third-order valence-electron chi connectivity index (χ3n) is 3.92. The molecule has 150 valence electrons. The maximum atomic E-state index is 12.4. The van der Waals surface area contributed by atoms with Gasteiger partial charge in [-0.05, 0) is 36.4 Å². The van der Waals surface area contributed by atoms with Gasteiger partial charge in [-0.2, -0.15) is 4.31 Å². The number of nitrogens with one attached hydrogen (secondary N) is 3. The number of nitrogens with zero attached hydrogens (tertiary/aromatic N) is 1. The Bertz CT molecular complexity index is 895. The second-order valence-corrected chi connectivity index (χ2v) is 7.77. The highest BCUT2D eigenvalue weighted by Gasteiger charge is 2.21. The van der Waals surface area contributed by atoms with E-state index >= 15 is 0 Å². The molecule has 0 saturated heterocycles. The summed E-state index contributed by atoms with van der Waals surface area (Å²) in [6.07, 6.45) is 0. The number of sulfonamides is 1. The van der Waals surface area contributed by atoms with Crippen LogP contribution in [0, 0.1) is 0 Å². The molecule has 2 aromatic carbocycles. The van der Waals surface area contributed by atoms with Crippen molar-refractivity contribution in [3.63, 3.8) is 0 Å². The van der Waals surface area contributed by atoms with E-state index in [0.717, 1.165) is 0 Å². The van der Waals surface area contributed by atoms with E-state index in [-0.39, 0.29) is 11.4 Å². The fourth-order valence-corrected chi connectivity index (χ4v) is 3.94. The maximum Gasteiger partial charge on any atom is 0.319 e. The predicted octanol–water partition coefficient (Wildman–Crippen LogP) is 2.48. The quantitative estimate of drug-likeness (QED) is 0.628. The van der Waals surface area contributed by atoms with Crippen LogP contribution in [0.5, 0.6) is 0 Å². The minimum atomic E-state index is -3.54. The molecule has 2 aromatic rings. The van der Waals surface area contributed by atoms with E-state index < -0.39 is 22.0 Å². The lowest BCUT2D eigenvalue weighted by molar-refractivity contribution is -0.115. The van der Waals surface area contributed by atoms with Crippen molar-refractivity contribution < 1.29 is 18.0 Å². The van der Waals surface area contributed by atoms with Gasteiger partial charge in [-0.1, -0.05) is 32.0 Å². The van der Waals surface area contributed by atoms with Crippen LogP contribution in [0.3, 0.4) is 0 Å². The highest BCUT2D eigenvalue weighted by atomic mass is 32.2. The molecule has 28 heavy (non-hydrogen) atoms. The second-order valence-electron chi connectivity index (χ2n) is 5.84. The zero-order valence-corrected chi connectivity index (χ0v) is 16.6. The van der Waals surface area contributed by atoms with Crippen molar-refractivity contribution in [1.29, 1.82) is 0 Å². The van der Waals surface area contributed by atoms with Crippen molar-refractivity contribution >= 4 is 33.3 Å². The van der Waals surface area contributed by atoms with Crippen molar-refractivity contribution in [2.75, 3.05) is 30.3 Å². The van der Waals surface area contributed by atoms with Crippen LogP contribution in [0.1, 0.15) is 13.8 Å². The summed E-state index contributed by atoms with van der Waals surface area (Å²) in [4.78, 5) is 23.9. The molecule has 0 radical (unpaired) electrons. The standard InChI is InChI=1S/C19H24N4O4S/c1-3-23(4-2)28(26,27)17-12-10-16(11-13-17)21-18(24)14-20-19(25)22-15-8-6-5-7-9-15/h5-13H,3-4,14H2,1-2H3,(H,21,24)(H2,20,22,25). The summed E-state index contributed by atoms with van der Waals surface area (Å²) in [7, 11) is -3.54. The Morgan fingerprint density at radius 3 is 2.00 bits per heavy atom. The third-order valence-corrected chi connectivity index (χ3v) is 5.99. The maximum absolute atomic E-state index is 12.4. The van der Waals surface area contributed by atoms with E-state index in [1.54, 1.807) is 38.1 Å². The summed E-state index contributed by atoms with van der Waals surface area (Å²) in [5.74, 6) is -0.428. The fraction of sp³-hybridized carbons (Fsp3) is 0.263. The number of hydrogen-bond acceptors (Lipinski definition) is 4. The number of para-hydroxylation sites is 1. The largest absolute Gasteiger partial charge is 0.329 e. The van der Waals surface area contributed by atoms with E-state index in [9.17, 15) is 18.0 Å². The minimum Gasteiger partial charge on any atom is -0.329 e. The summed E-state index contributed by atoms with van der Waals surface area (Å²) in [5, 5.41) is 7.66. The van der Waals surface area contributed by atoms with Gasteiger partial charge in [0.15, 0.2) is 0 Å². The van der Waals surface area contributed by atoms with Crippen molar-refractivity contribution in [2.24, 2.45) is 0 Å². The number of amides is 3. The molecule has 0 aliphatic rings. The highest BCUT2D eigenvalue weighted by molar-refractivity contribution is 7.89. The zero-order valence-electron chi connectivity index (χ0n) is 15.8. The summed E-state index contributed by atoms with van der Waals surface area (Å²) in [6, 6.07) is 14.3. The number of anilines is 2. The van der Waals surface area contributed by atoms with Crippen LogP contribution in [0.25, 0.3) is 0 Å². The first kappa shape index (κ1) is 21.4. The summed E-state index contributed by atoms with van der Waals surface area (Å²) < 4.78 is 26.2. The van der Waals surface area contributed by atoms with Crippen LogP contribution in [0.15, 0.2) is 59.5 Å². The first-order valence-corrected chi connectivity index (χ1v) is 10.3. The van der Waals surface area contributed by atoms with Crippen LogP contribution in [0.4, 0.5) is 16.2 Å². The molecule has 3 N–H and O–H groups in total. The van der Waals surface area contributed by atoms with Crippen LogP contribution in [-0.4, -0.2) is 44.3 Å². The molecular weight excluding hydrogens is 380 g/mol. The average Bonchev–Trinajstić information content (AvgIpc) is 2.68. The van der Waals surface area contributed by atoms with E-state index in [0.29, 0.717) is 24.5 Å². The van der Waals surface area contributed by atoms with E-state index in [2.05, 4.69) is 16.0 Å². The molecule has 0 spiro atoms. The Hall–Kier alpha value is -2.91. The lowest BCUT2D eigenvalue weighted by atomic mass is 10.3. The molecule has 0 atom stereocenters. The monoisotopic (exact) mass is 404 g/mol. The lowest BCUT2D eigenvalue weighted by Crippen LogP contribution is -2.35. The average molecular weight is 404 g/mol. The van der Waals surface area contributed by atoms with Crippen LogP contribution >= 0.6 is 0 Å². The molecule has 0 bridgehead atoms. The molecule has 0 saturated carbocycles. The van der Waals surface area contributed by atoms with Gasteiger partial charge in [0.05, 0.1) is 11.4 Å². The van der Waals surface area contributed by atoms with Crippen LogP contribution in [-0.2, 0) is 14.8 Å². The first-order chi connectivity index (χ1) is 13.4. The Balaban J connectivity index is 1.88. The highest BCUT2D eigenvalue weighted by Crippen LogP contribution is 2.18.